The second-order valence-corrected chi connectivity index (χ2v) is 5.80. The third kappa shape index (κ3) is 3.35. The van der Waals surface area contributed by atoms with Gasteiger partial charge in [-0.3, -0.25) is 9.69 Å². The molecular weight excluding hydrogens is 318 g/mol. The Morgan fingerprint density at radius 3 is 2.65 bits per heavy atom. The minimum absolute atomic E-state index is 0. The van der Waals surface area contributed by atoms with Crippen molar-refractivity contribution in [2.24, 2.45) is 5.92 Å². The highest BCUT2D eigenvalue weighted by Crippen LogP contribution is 2.40. The predicted molar refractivity (Wildman–Crippen MR) is 87.6 cm³/mol. The molecule has 0 N–H and O–H groups in total. The molecule has 2 saturated heterocycles. The number of carbonyl (C=O) groups is 2. The number of hydrogen-bond acceptors (Lipinski definition) is 5. The molecule has 2 aliphatic rings. The van der Waals surface area contributed by atoms with Gasteiger partial charge in [0.25, 0.3) is 0 Å². The molecule has 1 aromatic rings. The van der Waals surface area contributed by atoms with E-state index >= 15 is 0 Å². The van der Waals surface area contributed by atoms with Crippen molar-refractivity contribution in [2.75, 3.05) is 14.1 Å². The molecule has 0 aromatic heterocycles. The summed E-state index contributed by atoms with van der Waals surface area (Å²) in [4.78, 5) is 26.1. The zero-order chi connectivity index (χ0) is 18.2. The molecule has 2 fully saturated rings. The Morgan fingerprint density at radius 1 is 1.26 bits per heavy atom. The van der Waals surface area contributed by atoms with Gasteiger partial charge in [-0.1, -0.05) is 18.2 Å². The molecule has 2 aliphatic heterocycles. The molecule has 5 nitrogen and oxygen atoms in total. The van der Waals surface area contributed by atoms with Gasteiger partial charge in [0.1, 0.15) is 12.0 Å². The molecule has 0 radical (unpaired) electrons. The van der Waals surface area contributed by atoms with Crippen molar-refractivity contribution in [3.05, 3.63) is 35.9 Å². The van der Waals surface area contributed by atoms with Gasteiger partial charge in [0.15, 0.2) is 0 Å². The number of piperidine rings is 1. The fourth-order valence-corrected chi connectivity index (χ4v) is 3.50. The standard InChI is InChI=1S/C17H21NO4.ClH/c1-18-12-8-9-13(18)15(17(20)21-2)14(10-12)22-16(19)11-6-4-3-5-7-11;/h3-7,12-15H,8-10H2,1-2H3;1H/t12-,13+,14-,15-;/m0./s1/i1D3;. The van der Waals surface area contributed by atoms with Gasteiger partial charge < -0.3 is 9.47 Å². The van der Waals surface area contributed by atoms with E-state index in [1.54, 1.807) is 30.3 Å². The smallest absolute Gasteiger partial charge is 0.338 e. The molecule has 1 aromatic carbocycles. The number of fused-ring (bicyclic) bond motifs is 2. The molecule has 2 heterocycles. The van der Waals surface area contributed by atoms with Crippen molar-refractivity contribution >= 4 is 24.3 Å². The quantitative estimate of drug-likeness (QED) is 0.789. The van der Waals surface area contributed by atoms with Crippen LogP contribution in [-0.4, -0.2) is 49.1 Å². The van der Waals surface area contributed by atoms with Gasteiger partial charge in [-0.15, -0.1) is 12.4 Å². The molecule has 6 heteroatoms. The average molecular weight is 343 g/mol. The topological polar surface area (TPSA) is 55.8 Å². The van der Waals surface area contributed by atoms with E-state index in [0.29, 0.717) is 24.8 Å². The highest BCUT2D eigenvalue weighted by molar-refractivity contribution is 5.89. The minimum Gasteiger partial charge on any atom is -0.469 e. The zero-order valence-electron chi connectivity index (χ0n) is 15.8. The van der Waals surface area contributed by atoms with Gasteiger partial charge in [-0.2, -0.15) is 0 Å². The molecule has 2 bridgehead atoms. The van der Waals surface area contributed by atoms with Gasteiger partial charge in [0.2, 0.25) is 0 Å². The van der Waals surface area contributed by atoms with Gasteiger partial charge >= 0.3 is 11.9 Å². The molecule has 0 amide bonds. The van der Waals surface area contributed by atoms with Gasteiger partial charge in [0.05, 0.1) is 12.7 Å². The lowest BCUT2D eigenvalue weighted by Crippen LogP contribution is -2.53. The number of rotatable bonds is 3. The van der Waals surface area contributed by atoms with Crippen LogP contribution in [0.2, 0.25) is 0 Å². The number of methoxy groups -OCH3 is 1. The largest absolute Gasteiger partial charge is 0.469 e. The van der Waals surface area contributed by atoms with Crippen LogP contribution in [0.1, 0.15) is 33.7 Å². The van der Waals surface area contributed by atoms with Crippen LogP contribution in [0.3, 0.4) is 0 Å². The summed E-state index contributed by atoms with van der Waals surface area (Å²) in [5.41, 5.74) is 0.400. The summed E-state index contributed by atoms with van der Waals surface area (Å²) in [7, 11) is 1.26. The minimum atomic E-state index is -2.29. The van der Waals surface area contributed by atoms with E-state index < -0.39 is 37.0 Å². The molecule has 4 atom stereocenters. The second kappa shape index (κ2) is 7.32. The van der Waals surface area contributed by atoms with Gasteiger partial charge in [-0.25, -0.2) is 4.79 Å². The van der Waals surface area contributed by atoms with Crippen LogP contribution in [-0.2, 0) is 14.3 Å². The van der Waals surface area contributed by atoms with Crippen molar-refractivity contribution in [3.8, 4) is 0 Å². The molecule has 3 rings (SSSR count). The fraction of sp³-hybridized carbons (Fsp3) is 0.529. The molecule has 0 aliphatic carbocycles. The molecule has 0 unspecified atom stereocenters. The highest BCUT2D eigenvalue weighted by Gasteiger charge is 2.50. The van der Waals surface area contributed by atoms with Crippen molar-refractivity contribution in [2.45, 2.75) is 37.5 Å². The monoisotopic (exact) mass is 342 g/mol. The summed E-state index contributed by atoms with van der Waals surface area (Å²) in [6.07, 6.45) is 0.863. The SMILES string of the molecule is Cl.[2H]C([2H])([2H])N1[C@H]2CC[C@@H]1[C@H](C(=O)OC)[C@@H](OC(=O)c1ccccc1)C2. The van der Waals surface area contributed by atoms with E-state index in [1.165, 1.54) is 12.0 Å². The Labute approximate surface area is 146 Å². The number of carbonyl (C=O) groups excluding carboxylic acids is 2. The van der Waals surface area contributed by atoms with Crippen LogP contribution in [0.15, 0.2) is 30.3 Å². The lowest BCUT2D eigenvalue weighted by atomic mass is 9.87. The Balaban J connectivity index is 0.00000243. The van der Waals surface area contributed by atoms with E-state index in [-0.39, 0.29) is 18.4 Å². The fourth-order valence-electron chi connectivity index (χ4n) is 3.50. The predicted octanol–water partition coefficient (Wildman–Crippen LogP) is 2.29. The lowest BCUT2D eigenvalue weighted by Gasteiger charge is -2.40. The van der Waals surface area contributed by atoms with E-state index in [9.17, 15) is 9.59 Å². The number of hydrogen-bond donors (Lipinski definition) is 0. The average Bonchev–Trinajstić information content (AvgIpc) is 2.91. The first kappa shape index (κ1) is 13.8. The molecule has 0 saturated carbocycles. The lowest BCUT2D eigenvalue weighted by molar-refractivity contribution is -0.156. The molecular formula is C17H22ClNO4. The summed E-state index contributed by atoms with van der Waals surface area (Å²) in [5, 5.41) is 0. The third-order valence-corrected chi connectivity index (χ3v) is 4.61. The summed E-state index contributed by atoms with van der Waals surface area (Å²) in [6, 6.07) is 7.80. The van der Waals surface area contributed by atoms with Crippen molar-refractivity contribution in [3.63, 3.8) is 0 Å². The first-order valence-electron chi connectivity index (χ1n) is 8.95. The van der Waals surface area contributed by atoms with E-state index in [0.717, 1.165) is 0 Å². The number of nitrogens with zero attached hydrogens (tertiary/aromatic N) is 1. The van der Waals surface area contributed by atoms with Crippen LogP contribution in [0, 0.1) is 5.92 Å². The van der Waals surface area contributed by atoms with E-state index in [4.69, 9.17) is 13.6 Å². The Bertz CT molecular complexity index is 655. The maximum atomic E-state index is 12.4. The van der Waals surface area contributed by atoms with Gasteiger partial charge in [-0.05, 0) is 32.0 Å². The normalized spacial score (nSPS) is 32.0. The highest BCUT2D eigenvalue weighted by atomic mass is 35.5. The second-order valence-electron chi connectivity index (χ2n) is 5.80. The van der Waals surface area contributed by atoms with Gasteiger partial charge in [0, 0.05) is 22.6 Å². The number of halogens is 1. The maximum absolute atomic E-state index is 12.4. The summed E-state index contributed by atoms with van der Waals surface area (Å²) >= 11 is 0. The summed E-state index contributed by atoms with van der Waals surface area (Å²) < 4.78 is 33.8. The molecule has 23 heavy (non-hydrogen) atoms. The molecule has 0 spiro atoms. The van der Waals surface area contributed by atoms with Crippen molar-refractivity contribution < 1.29 is 23.2 Å². The number of benzene rings is 1. The number of ether oxygens (including phenoxy) is 2. The Morgan fingerprint density at radius 2 is 2.00 bits per heavy atom. The van der Waals surface area contributed by atoms with E-state index in [2.05, 4.69) is 0 Å². The first-order chi connectivity index (χ1) is 11.8. The van der Waals surface area contributed by atoms with Crippen molar-refractivity contribution in [1.82, 2.24) is 4.90 Å². The Kier molecular flexibility index (Phi) is 4.40. The van der Waals surface area contributed by atoms with Crippen LogP contribution < -0.4 is 0 Å². The zero-order valence-corrected chi connectivity index (χ0v) is 13.6. The molecule has 126 valence electrons. The van der Waals surface area contributed by atoms with Crippen LogP contribution in [0.4, 0.5) is 0 Å². The summed E-state index contributed by atoms with van der Waals surface area (Å²) in [6.45, 7) is -2.29. The maximum Gasteiger partial charge on any atom is 0.338 e. The first-order valence-corrected chi connectivity index (χ1v) is 7.45. The third-order valence-electron chi connectivity index (χ3n) is 4.61. The van der Waals surface area contributed by atoms with E-state index in [1.807, 2.05) is 0 Å². The Hall–Kier alpha value is -1.59. The van der Waals surface area contributed by atoms with Crippen LogP contribution in [0.25, 0.3) is 0 Å². The van der Waals surface area contributed by atoms with Crippen LogP contribution in [0.5, 0.6) is 0 Å². The number of esters is 2. The van der Waals surface area contributed by atoms with Crippen LogP contribution >= 0.6 is 12.4 Å². The van der Waals surface area contributed by atoms with Crippen molar-refractivity contribution in [1.29, 1.82) is 0 Å². The summed E-state index contributed by atoms with van der Waals surface area (Å²) in [5.74, 6) is -1.84.